The van der Waals surface area contributed by atoms with Crippen molar-refractivity contribution in [1.29, 1.82) is 0 Å². The molecule has 0 aromatic rings. The first-order chi connectivity index (χ1) is 12.9. The SMILES string of the molecule is CCCCCCCOC1OC(COC(=O)CCC(=O)NC)C(O)C(O)C1[NH-].[Ac].[Ac].[Ac]. The van der Waals surface area contributed by atoms with Crippen LogP contribution in [0.5, 0.6) is 0 Å². The number of esters is 1. The fraction of sp³-hybridized carbons (Fsp3) is 0.889. The van der Waals surface area contributed by atoms with Gasteiger partial charge >= 0.3 is 5.97 Å². The third-order valence-corrected chi connectivity index (χ3v) is 4.47. The zero-order chi connectivity index (χ0) is 20.2. The summed E-state index contributed by atoms with van der Waals surface area (Å²) in [4.78, 5) is 22.8. The molecule has 1 heterocycles. The van der Waals surface area contributed by atoms with Crippen LogP contribution in [0.3, 0.4) is 0 Å². The van der Waals surface area contributed by atoms with Gasteiger partial charge in [0, 0.05) is 152 Å². The van der Waals surface area contributed by atoms with Crippen LogP contribution in [0.1, 0.15) is 51.9 Å². The first-order valence-corrected chi connectivity index (χ1v) is 9.61. The average Bonchev–Trinajstić information content (AvgIpc) is 2.67. The largest absolute Gasteiger partial charge is 0.668 e. The Morgan fingerprint density at radius 1 is 1.03 bits per heavy atom. The van der Waals surface area contributed by atoms with Crippen molar-refractivity contribution in [2.45, 2.75) is 82.5 Å². The molecule has 0 aliphatic carbocycles. The van der Waals surface area contributed by atoms with Crippen LogP contribution in [0.25, 0.3) is 5.73 Å². The molecule has 5 unspecified atom stereocenters. The van der Waals surface area contributed by atoms with Crippen molar-refractivity contribution >= 4 is 11.9 Å². The van der Waals surface area contributed by atoms with Gasteiger partial charge in [0.05, 0.1) is 12.5 Å². The van der Waals surface area contributed by atoms with Gasteiger partial charge in [-0.1, -0.05) is 38.6 Å². The number of carbonyl (C=O) groups excluding carboxylic acids is 2. The van der Waals surface area contributed by atoms with E-state index in [0.717, 1.165) is 25.7 Å². The summed E-state index contributed by atoms with van der Waals surface area (Å²) < 4.78 is 16.1. The minimum atomic E-state index is -1.36. The van der Waals surface area contributed by atoms with Gasteiger partial charge in [0.15, 0.2) is 0 Å². The van der Waals surface area contributed by atoms with Crippen molar-refractivity contribution in [3.8, 4) is 0 Å². The molecule has 9 nitrogen and oxygen atoms in total. The molecule has 1 fully saturated rings. The van der Waals surface area contributed by atoms with Crippen molar-refractivity contribution in [2.24, 2.45) is 0 Å². The van der Waals surface area contributed by atoms with Crippen LogP contribution in [0.2, 0.25) is 0 Å². The van der Waals surface area contributed by atoms with E-state index in [1.165, 1.54) is 13.5 Å². The van der Waals surface area contributed by atoms with E-state index in [9.17, 15) is 19.8 Å². The third-order valence-electron chi connectivity index (χ3n) is 4.47. The van der Waals surface area contributed by atoms with Crippen molar-refractivity contribution in [1.82, 2.24) is 5.32 Å². The van der Waals surface area contributed by atoms with E-state index < -0.39 is 36.6 Å². The summed E-state index contributed by atoms with van der Waals surface area (Å²) in [6.07, 6.45) is 0.473. The van der Waals surface area contributed by atoms with Gasteiger partial charge < -0.3 is 35.5 Å². The fourth-order valence-corrected chi connectivity index (χ4v) is 2.70. The quantitative estimate of drug-likeness (QED) is 0.196. The molecule has 1 aliphatic heterocycles. The van der Waals surface area contributed by atoms with Crippen LogP contribution in [0.15, 0.2) is 0 Å². The number of carbonyl (C=O) groups is 2. The van der Waals surface area contributed by atoms with E-state index >= 15 is 0 Å². The molecule has 4 N–H and O–H groups in total. The van der Waals surface area contributed by atoms with E-state index in [1.54, 1.807) is 0 Å². The van der Waals surface area contributed by atoms with Crippen molar-refractivity contribution < 1.29 is 166 Å². The Bertz CT molecular complexity index is 463. The molecule has 12 heteroatoms. The van der Waals surface area contributed by atoms with Gasteiger partial charge in [-0.05, 0) is 6.42 Å². The summed E-state index contributed by atoms with van der Waals surface area (Å²) in [6, 6.07) is -1.14. The average molecular weight is 1070 g/mol. The van der Waals surface area contributed by atoms with Crippen LogP contribution in [-0.2, 0) is 23.8 Å². The normalized spacial score (nSPS) is 25.2. The molecule has 0 bridgehead atoms. The molecule has 30 heavy (non-hydrogen) atoms. The van der Waals surface area contributed by atoms with Gasteiger partial charge in [0.2, 0.25) is 5.91 Å². The van der Waals surface area contributed by atoms with Crippen molar-refractivity contribution in [3.63, 3.8) is 0 Å². The molecule has 1 saturated heterocycles. The molecular formula is C18H33Ac3N2O7-. The number of hydrogen-bond donors (Lipinski definition) is 3. The molecule has 0 aromatic heterocycles. The molecule has 167 valence electrons. The smallest absolute Gasteiger partial charge is 0.306 e. The van der Waals surface area contributed by atoms with E-state index in [1.807, 2.05) is 0 Å². The third kappa shape index (κ3) is 15.1. The summed E-state index contributed by atoms with van der Waals surface area (Å²) in [7, 11) is 1.47. The molecule has 0 saturated carbocycles. The number of nitrogens with one attached hydrogen (secondary N) is 2. The van der Waals surface area contributed by atoms with E-state index in [-0.39, 0.29) is 158 Å². The van der Waals surface area contributed by atoms with Crippen LogP contribution in [0.4, 0.5) is 0 Å². The van der Waals surface area contributed by atoms with Gasteiger partial charge in [-0.2, -0.15) is 0 Å². The second-order valence-corrected chi connectivity index (χ2v) is 6.69. The number of amides is 1. The Hall–Kier alpha value is 3.06. The Kier molecular flexibility index (Phi) is 28.2. The van der Waals surface area contributed by atoms with Gasteiger partial charge in [-0.15, -0.1) is 0 Å². The van der Waals surface area contributed by atoms with E-state index in [0.29, 0.717) is 6.61 Å². The number of ether oxygens (including phenoxy) is 3. The van der Waals surface area contributed by atoms with Crippen LogP contribution >= 0.6 is 0 Å². The Morgan fingerprint density at radius 3 is 2.27 bits per heavy atom. The van der Waals surface area contributed by atoms with Crippen LogP contribution in [0, 0.1) is 132 Å². The summed E-state index contributed by atoms with van der Waals surface area (Å²) in [5, 5.41) is 22.5. The molecule has 3 radical (unpaired) electrons. The van der Waals surface area contributed by atoms with Crippen molar-refractivity contribution in [3.05, 3.63) is 5.73 Å². The first kappa shape index (κ1) is 37.6. The molecule has 0 spiro atoms. The zero-order valence-electron chi connectivity index (χ0n) is 17.9. The topological polar surface area (TPSA) is 138 Å². The predicted octanol–water partition coefficient (Wildman–Crippen LogP) is 0.910. The summed E-state index contributed by atoms with van der Waals surface area (Å²) >= 11 is 0. The molecule has 0 aromatic carbocycles. The van der Waals surface area contributed by atoms with E-state index in [2.05, 4.69) is 12.2 Å². The monoisotopic (exact) mass is 1070 g/mol. The minimum Gasteiger partial charge on any atom is -0.668 e. The van der Waals surface area contributed by atoms with E-state index in [4.69, 9.17) is 19.9 Å². The molecular weight excluding hydrogens is 1040 g/mol. The predicted molar refractivity (Wildman–Crippen MR) is 97.8 cm³/mol. The number of aliphatic hydroxyl groups is 2. The maximum Gasteiger partial charge on any atom is 0.306 e. The fourth-order valence-electron chi connectivity index (χ4n) is 2.70. The molecule has 1 amide bonds. The number of aliphatic hydroxyl groups excluding tert-OH is 2. The Morgan fingerprint density at radius 2 is 1.67 bits per heavy atom. The summed E-state index contributed by atoms with van der Waals surface area (Å²) in [6.45, 7) is 2.24. The zero-order valence-corrected chi connectivity index (χ0v) is 32.2. The van der Waals surface area contributed by atoms with Gasteiger partial charge in [-0.3, -0.25) is 9.59 Å². The van der Waals surface area contributed by atoms with Crippen LogP contribution in [-0.4, -0.2) is 73.0 Å². The van der Waals surface area contributed by atoms with Crippen LogP contribution < -0.4 is 5.32 Å². The molecule has 1 rings (SSSR count). The summed E-state index contributed by atoms with van der Waals surface area (Å²) in [5.41, 5.74) is 7.94. The maximum atomic E-state index is 11.7. The Balaban J connectivity index is -0.00000243. The second kappa shape index (κ2) is 22.5. The number of rotatable bonds is 12. The number of unbranched alkanes of at least 4 members (excludes halogenated alkanes) is 4. The Labute approximate surface area is 286 Å². The van der Waals surface area contributed by atoms with Gasteiger partial charge in [0.1, 0.15) is 25.1 Å². The molecule has 1 aliphatic rings. The first-order valence-electron chi connectivity index (χ1n) is 9.61. The number of hydrogen-bond acceptors (Lipinski definition) is 7. The maximum absolute atomic E-state index is 11.7. The van der Waals surface area contributed by atoms with Gasteiger partial charge in [0.25, 0.3) is 0 Å². The minimum absolute atomic E-state index is 0. The molecule has 5 atom stereocenters. The standard InChI is InChI=1S/C18H33N2O7.3Ac/c1-3-4-5-6-7-10-25-18-15(19)17(24)16(23)12(27-18)11-26-14(22)9-8-13(21)20-2;;;/h12,15-19,23-24H,3-11H2,1-2H3,(H,20,21);;;/q-1;;;. The van der Waals surface area contributed by atoms with Gasteiger partial charge in [-0.25, -0.2) is 0 Å². The van der Waals surface area contributed by atoms with Crippen molar-refractivity contribution in [2.75, 3.05) is 20.3 Å². The summed E-state index contributed by atoms with van der Waals surface area (Å²) in [5.74, 6) is -0.883. The second-order valence-electron chi connectivity index (χ2n) is 6.69.